The minimum absolute atomic E-state index is 0.435. The van der Waals surface area contributed by atoms with E-state index in [-0.39, 0.29) is 0 Å². The summed E-state index contributed by atoms with van der Waals surface area (Å²) in [4.78, 5) is 2.85. The molecule has 1 saturated heterocycles. The molecule has 0 aromatic carbocycles. The first-order valence-electron chi connectivity index (χ1n) is 8.74. The lowest BCUT2D eigenvalue weighted by atomic mass is 9.78. The van der Waals surface area contributed by atoms with Crippen LogP contribution in [0.5, 0.6) is 0 Å². The van der Waals surface area contributed by atoms with Crippen molar-refractivity contribution in [2.45, 2.75) is 75.9 Å². The zero-order valence-electron chi connectivity index (χ0n) is 13.4. The molecular formula is C17H32N2O. The van der Waals surface area contributed by atoms with Gasteiger partial charge in [0, 0.05) is 44.4 Å². The minimum atomic E-state index is 0.435. The van der Waals surface area contributed by atoms with E-state index in [9.17, 15) is 0 Å². The maximum Gasteiger partial charge on any atom is 0.0477 e. The summed E-state index contributed by atoms with van der Waals surface area (Å²) in [5.41, 5.74) is 0.435. The predicted molar refractivity (Wildman–Crippen MR) is 83.0 cm³/mol. The Kier molecular flexibility index (Phi) is 4.68. The Hall–Kier alpha value is -0.120. The van der Waals surface area contributed by atoms with Gasteiger partial charge in [-0.15, -0.1) is 0 Å². The van der Waals surface area contributed by atoms with Crippen molar-refractivity contribution in [3.8, 4) is 0 Å². The first-order valence-corrected chi connectivity index (χ1v) is 8.74. The minimum Gasteiger partial charge on any atom is -0.385 e. The zero-order valence-corrected chi connectivity index (χ0v) is 13.4. The van der Waals surface area contributed by atoms with E-state index in [1.54, 1.807) is 0 Å². The molecule has 0 bridgehead atoms. The van der Waals surface area contributed by atoms with Crippen molar-refractivity contribution in [3.05, 3.63) is 0 Å². The maximum absolute atomic E-state index is 5.31. The molecule has 1 aliphatic heterocycles. The van der Waals surface area contributed by atoms with Crippen LogP contribution in [-0.4, -0.2) is 49.3 Å². The molecule has 0 radical (unpaired) electrons. The van der Waals surface area contributed by atoms with Crippen molar-refractivity contribution in [3.63, 3.8) is 0 Å². The molecule has 3 nitrogen and oxygen atoms in total. The smallest absolute Gasteiger partial charge is 0.0477 e. The Balaban J connectivity index is 1.66. The van der Waals surface area contributed by atoms with Crippen LogP contribution >= 0.6 is 0 Å². The van der Waals surface area contributed by atoms with Gasteiger partial charge < -0.3 is 10.1 Å². The molecule has 2 atom stereocenters. The molecule has 0 amide bonds. The van der Waals surface area contributed by atoms with Crippen molar-refractivity contribution < 1.29 is 4.74 Å². The number of nitrogens with one attached hydrogen (secondary N) is 1. The molecular weight excluding hydrogens is 248 g/mol. The highest BCUT2D eigenvalue weighted by Crippen LogP contribution is 2.41. The molecule has 3 rings (SSSR count). The highest BCUT2D eigenvalue weighted by molar-refractivity contribution is 5.04. The fourth-order valence-electron chi connectivity index (χ4n) is 4.38. The van der Waals surface area contributed by atoms with Crippen molar-refractivity contribution in [1.82, 2.24) is 10.2 Å². The van der Waals surface area contributed by atoms with E-state index in [0.29, 0.717) is 11.6 Å². The molecule has 1 spiro atoms. The second-order valence-corrected chi connectivity index (χ2v) is 7.43. The predicted octanol–water partition coefficient (Wildman–Crippen LogP) is 2.80. The first-order chi connectivity index (χ1) is 9.74. The SMILES string of the molecule is COCCC(C)N1CC2(CCCCC2)NCC1C1CC1. The third-order valence-electron chi connectivity index (χ3n) is 5.88. The van der Waals surface area contributed by atoms with E-state index in [1.807, 2.05) is 7.11 Å². The monoisotopic (exact) mass is 280 g/mol. The summed E-state index contributed by atoms with van der Waals surface area (Å²) >= 11 is 0. The number of nitrogens with zero attached hydrogens (tertiary/aromatic N) is 1. The number of rotatable bonds is 5. The lowest BCUT2D eigenvalue weighted by Gasteiger charge is -2.52. The molecule has 1 heterocycles. The van der Waals surface area contributed by atoms with E-state index in [1.165, 1.54) is 64.5 Å². The van der Waals surface area contributed by atoms with Gasteiger partial charge in [-0.1, -0.05) is 19.3 Å². The largest absolute Gasteiger partial charge is 0.385 e. The summed E-state index contributed by atoms with van der Waals surface area (Å²) in [5, 5.41) is 3.97. The van der Waals surface area contributed by atoms with E-state index in [0.717, 1.165) is 18.6 Å². The molecule has 2 aliphatic carbocycles. The van der Waals surface area contributed by atoms with E-state index >= 15 is 0 Å². The van der Waals surface area contributed by atoms with Crippen molar-refractivity contribution in [1.29, 1.82) is 0 Å². The Morgan fingerprint density at radius 1 is 1.25 bits per heavy atom. The van der Waals surface area contributed by atoms with Gasteiger partial charge in [-0.3, -0.25) is 4.90 Å². The van der Waals surface area contributed by atoms with Gasteiger partial charge in [-0.05, 0) is 44.9 Å². The first kappa shape index (κ1) is 14.8. The van der Waals surface area contributed by atoms with Gasteiger partial charge in [-0.2, -0.15) is 0 Å². The van der Waals surface area contributed by atoms with Crippen LogP contribution in [0.2, 0.25) is 0 Å². The average Bonchev–Trinajstić information content (AvgIpc) is 3.30. The second-order valence-electron chi connectivity index (χ2n) is 7.43. The molecule has 3 heteroatoms. The Labute approximate surface area is 124 Å². The van der Waals surface area contributed by atoms with Crippen molar-refractivity contribution >= 4 is 0 Å². The number of hydrogen-bond donors (Lipinski definition) is 1. The molecule has 2 saturated carbocycles. The van der Waals surface area contributed by atoms with Crippen LogP contribution in [0.25, 0.3) is 0 Å². The molecule has 116 valence electrons. The van der Waals surface area contributed by atoms with E-state index in [4.69, 9.17) is 4.74 Å². The van der Waals surface area contributed by atoms with Crippen LogP contribution in [0.1, 0.15) is 58.3 Å². The van der Waals surface area contributed by atoms with Crippen LogP contribution in [0.3, 0.4) is 0 Å². The van der Waals surface area contributed by atoms with Gasteiger partial charge in [0.15, 0.2) is 0 Å². The number of piperazine rings is 1. The van der Waals surface area contributed by atoms with Crippen molar-refractivity contribution in [2.75, 3.05) is 26.8 Å². The van der Waals surface area contributed by atoms with Gasteiger partial charge in [0.05, 0.1) is 0 Å². The summed E-state index contributed by atoms with van der Waals surface area (Å²) < 4.78 is 5.31. The summed E-state index contributed by atoms with van der Waals surface area (Å²) in [6, 6.07) is 1.45. The fraction of sp³-hybridized carbons (Fsp3) is 1.00. The Morgan fingerprint density at radius 2 is 2.00 bits per heavy atom. The maximum atomic E-state index is 5.31. The normalized spacial score (nSPS) is 32.4. The standard InChI is InChI=1S/C17H32N2O/c1-14(8-11-20-2)19-13-17(9-4-3-5-10-17)18-12-16(19)15-6-7-15/h14-16,18H,3-13H2,1-2H3. The summed E-state index contributed by atoms with van der Waals surface area (Å²) in [5.74, 6) is 0.966. The van der Waals surface area contributed by atoms with Crippen LogP contribution in [0, 0.1) is 5.92 Å². The number of methoxy groups -OCH3 is 1. The molecule has 3 aliphatic rings. The molecule has 2 unspecified atom stereocenters. The Bertz CT molecular complexity index is 310. The van der Waals surface area contributed by atoms with Gasteiger partial charge in [-0.25, -0.2) is 0 Å². The average molecular weight is 280 g/mol. The molecule has 0 aromatic rings. The summed E-state index contributed by atoms with van der Waals surface area (Å²) in [6.45, 7) is 5.81. The number of ether oxygens (including phenoxy) is 1. The van der Waals surface area contributed by atoms with Gasteiger partial charge >= 0.3 is 0 Å². The van der Waals surface area contributed by atoms with E-state index in [2.05, 4.69) is 17.1 Å². The molecule has 3 fully saturated rings. The van der Waals surface area contributed by atoms with E-state index < -0.39 is 0 Å². The van der Waals surface area contributed by atoms with Crippen LogP contribution in [0.15, 0.2) is 0 Å². The highest BCUT2D eigenvalue weighted by Gasteiger charge is 2.45. The Morgan fingerprint density at radius 3 is 2.65 bits per heavy atom. The van der Waals surface area contributed by atoms with Crippen LogP contribution < -0.4 is 5.32 Å². The second kappa shape index (κ2) is 6.33. The quantitative estimate of drug-likeness (QED) is 0.838. The van der Waals surface area contributed by atoms with Crippen LogP contribution in [-0.2, 0) is 4.74 Å². The topological polar surface area (TPSA) is 24.5 Å². The third-order valence-corrected chi connectivity index (χ3v) is 5.88. The highest BCUT2D eigenvalue weighted by atomic mass is 16.5. The lowest BCUT2D eigenvalue weighted by Crippen LogP contribution is -2.66. The molecule has 1 N–H and O–H groups in total. The van der Waals surface area contributed by atoms with Gasteiger partial charge in [0.1, 0.15) is 0 Å². The van der Waals surface area contributed by atoms with Gasteiger partial charge in [0.2, 0.25) is 0 Å². The zero-order chi connectivity index (χ0) is 14.0. The lowest BCUT2D eigenvalue weighted by molar-refractivity contribution is 0.0111. The van der Waals surface area contributed by atoms with Gasteiger partial charge in [0.25, 0.3) is 0 Å². The van der Waals surface area contributed by atoms with Crippen molar-refractivity contribution in [2.24, 2.45) is 5.92 Å². The summed E-state index contributed by atoms with van der Waals surface area (Å²) in [6.07, 6.45) is 11.1. The third kappa shape index (κ3) is 3.20. The molecule has 20 heavy (non-hydrogen) atoms. The number of hydrogen-bond acceptors (Lipinski definition) is 3. The van der Waals surface area contributed by atoms with Crippen LogP contribution in [0.4, 0.5) is 0 Å². The summed E-state index contributed by atoms with van der Waals surface area (Å²) in [7, 11) is 1.82. The molecule has 0 aromatic heterocycles. The fourth-order valence-corrected chi connectivity index (χ4v) is 4.38.